The van der Waals surface area contributed by atoms with Crippen LogP contribution in [-0.2, 0) is 11.3 Å². The molecule has 4 heteroatoms. The Kier molecular flexibility index (Phi) is 6.58. The Morgan fingerprint density at radius 3 is 2.67 bits per heavy atom. The van der Waals surface area contributed by atoms with Crippen LogP contribution >= 0.6 is 0 Å². The number of allylic oxidation sites excluding steroid dienone is 1. The van der Waals surface area contributed by atoms with Gasteiger partial charge in [0.05, 0.1) is 0 Å². The Hall–Kier alpha value is -1.65. The fraction of sp³-hybridized carbons (Fsp3) is 0.550. The van der Waals surface area contributed by atoms with Gasteiger partial charge in [0.2, 0.25) is 5.91 Å². The van der Waals surface area contributed by atoms with E-state index in [1.807, 2.05) is 24.3 Å². The lowest BCUT2D eigenvalue weighted by Gasteiger charge is -2.38. The topological polar surface area (TPSA) is 52.6 Å². The number of nitrogens with zero attached hydrogens (tertiary/aromatic N) is 1. The maximum atomic E-state index is 12.2. The average Bonchev–Trinajstić information content (AvgIpc) is 2.54. The number of piperidine rings is 1. The fourth-order valence-electron chi connectivity index (χ4n) is 2.99. The van der Waals surface area contributed by atoms with Crippen molar-refractivity contribution in [2.45, 2.75) is 39.8 Å². The molecule has 0 aromatic heterocycles. The molecular formula is C20H30N2O2. The third kappa shape index (κ3) is 6.10. The molecule has 2 atom stereocenters. The molecule has 2 rings (SSSR count). The van der Waals surface area contributed by atoms with Gasteiger partial charge in [-0.05, 0) is 30.0 Å². The molecule has 0 aliphatic carbocycles. The van der Waals surface area contributed by atoms with Crippen molar-refractivity contribution in [3.63, 3.8) is 0 Å². The van der Waals surface area contributed by atoms with Crippen LogP contribution in [0.2, 0.25) is 0 Å². The highest BCUT2D eigenvalue weighted by Gasteiger charge is 2.29. The number of aliphatic hydroxyl groups is 1. The van der Waals surface area contributed by atoms with Crippen molar-refractivity contribution >= 4 is 5.91 Å². The lowest BCUT2D eigenvalue weighted by Crippen LogP contribution is -2.53. The summed E-state index contributed by atoms with van der Waals surface area (Å²) in [6, 6.07) is 10.4. The first kappa shape index (κ1) is 18.7. The minimum absolute atomic E-state index is 0.00965. The minimum Gasteiger partial charge on any atom is -0.396 e. The number of benzene rings is 1. The highest BCUT2D eigenvalue weighted by atomic mass is 16.3. The predicted molar refractivity (Wildman–Crippen MR) is 97.4 cm³/mol. The molecule has 1 aromatic carbocycles. The van der Waals surface area contributed by atoms with Crippen molar-refractivity contribution in [1.29, 1.82) is 0 Å². The zero-order chi connectivity index (χ0) is 17.6. The number of hydrogen-bond acceptors (Lipinski definition) is 3. The van der Waals surface area contributed by atoms with Gasteiger partial charge in [-0.15, -0.1) is 0 Å². The van der Waals surface area contributed by atoms with E-state index in [-0.39, 0.29) is 29.9 Å². The van der Waals surface area contributed by atoms with E-state index in [4.69, 9.17) is 0 Å². The van der Waals surface area contributed by atoms with Crippen LogP contribution in [0.5, 0.6) is 0 Å². The second-order valence-electron chi connectivity index (χ2n) is 7.77. The third-order valence-electron chi connectivity index (χ3n) is 4.39. The Morgan fingerprint density at radius 1 is 1.33 bits per heavy atom. The molecule has 24 heavy (non-hydrogen) atoms. The number of aliphatic hydroxyl groups excluding tert-OH is 1. The van der Waals surface area contributed by atoms with Gasteiger partial charge < -0.3 is 10.4 Å². The van der Waals surface area contributed by atoms with E-state index < -0.39 is 0 Å². The smallest absolute Gasteiger partial charge is 0.243 e. The van der Waals surface area contributed by atoms with Crippen LogP contribution in [0, 0.1) is 11.3 Å². The lowest BCUT2D eigenvalue weighted by atomic mass is 9.91. The molecule has 1 amide bonds. The van der Waals surface area contributed by atoms with Gasteiger partial charge in [-0.2, -0.15) is 0 Å². The molecule has 1 saturated heterocycles. The molecule has 1 fully saturated rings. The van der Waals surface area contributed by atoms with Gasteiger partial charge in [0.25, 0.3) is 0 Å². The summed E-state index contributed by atoms with van der Waals surface area (Å²) in [6.07, 6.45) is 4.43. The quantitative estimate of drug-likeness (QED) is 0.816. The van der Waals surface area contributed by atoms with Crippen LogP contribution in [0.3, 0.4) is 0 Å². The first-order valence-corrected chi connectivity index (χ1v) is 8.74. The summed E-state index contributed by atoms with van der Waals surface area (Å²) in [4.78, 5) is 14.5. The van der Waals surface area contributed by atoms with E-state index in [0.29, 0.717) is 0 Å². The van der Waals surface area contributed by atoms with Crippen LogP contribution in [-0.4, -0.2) is 41.7 Å². The van der Waals surface area contributed by atoms with Crippen LogP contribution in [0.1, 0.15) is 32.8 Å². The number of rotatable bonds is 5. The van der Waals surface area contributed by atoms with Gasteiger partial charge in [-0.25, -0.2) is 0 Å². The summed E-state index contributed by atoms with van der Waals surface area (Å²) in [5, 5.41) is 12.7. The van der Waals surface area contributed by atoms with Crippen LogP contribution in [0.25, 0.3) is 0 Å². The van der Waals surface area contributed by atoms with Gasteiger partial charge in [0.1, 0.15) is 0 Å². The molecule has 2 unspecified atom stereocenters. The number of hydrogen-bond donors (Lipinski definition) is 2. The zero-order valence-electron chi connectivity index (χ0n) is 15.0. The third-order valence-corrected chi connectivity index (χ3v) is 4.39. The van der Waals surface area contributed by atoms with Crippen molar-refractivity contribution in [3.8, 4) is 0 Å². The fourth-order valence-corrected chi connectivity index (χ4v) is 2.99. The summed E-state index contributed by atoms with van der Waals surface area (Å²) in [5.41, 5.74) is 1.26. The molecule has 0 spiro atoms. The second-order valence-corrected chi connectivity index (χ2v) is 7.77. The van der Waals surface area contributed by atoms with Gasteiger partial charge in [0, 0.05) is 31.7 Å². The standard InChI is InChI=1S/C20H30N2O2/c1-20(2,3)11-9-19(24)21-18-14-22(12-10-17(18)15-23)13-16-7-5-4-6-8-16/h4-9,11,17-18,23H,10,12-15H2,1-3H3,(H,21,24)/b11-9+. The van der Waals surface area contributed by atoms with Crippen molar-refractivity contribution in [2.75, 3.05) is 19.7 Å². The number of carbonyl (C=O) groups excluding carboxylic acids is 1. The summed E-state index contributed by atoms with van der Waals surface area (Å²) in [7, 11) is 0. The van der Waals surface area contributed by atoms with E-state index >= 15 is 0 Å². The van der Waals surface area contributed by atoms with Gasteiger partial charge in [-0.1, -0.05) is 57.2 Å². The Labute approximate surface area is 145 Å². The molecule has 0 saturated carbocycles. The maximum absolute atomic E-state index is 12.2. The average molecular weight is 330 g/mol. The van der Waals surface area contributed by atoms with Gasteiger partial charge in [-0.3, -0.25) is 9.69 Å². The first-order valence-electron chi connectivity index (χ1n) is 8.74. The second kappa shape index (κ2) is 8.45. The summed E-state index contributed by atoms with van der Waals surface area (Å²) >= 11 is 0. The van der Waals surface area contributed by atoms with Gasteiger partial charge >= 0.3 is 0 Å². The Morgan fingerprint density at radius 2 is 2.04 bits per heavy atom. The van der Waals surface area contributed by atoms with E-state index in [9.17, 15) is 9.90 Å². The molecule has 2 N–H and O–H groups in total. The first-order chi connectivity index (χ1) is 11.4. The van der Waals surface area contributed by atoms with Gasteiger partial charge in [0.15, 0.2) is 0 Å². The molecule has 4 nitrogen and oxygen atoms in total. The molecule has 0 bridgehead atoms. The van der Waals surface area contributed by atoms with Crippen molar-refractivity contribution in [2.24, 2.45) is 11.3 Å². The highest BCUT2D eigenvalue weighted by molar-refractivity contribution is 5.87. The number of amides is 1. The monoisotopic (exact) mass is 330 g/mol. The summed E-state index contributed by atoms with van der Waals surface area (Å²) in [5.74, 6) is 0.0546. The van der Waals surface area contributed by atoms with E-state index in [1.165, 1.54) is 5.56 Å². The Bertz CT molecular complexity index is 549. The van der Waals surface area contributed by atoms with Crippen molar-refractivity contribution in [3.05, 3.63) is 48.0 Å². The molecule has 1 aliphatic rings. The molecule has 1 heterocycles. The SMILES string of the molecule is CC(C)(C)/C=C/C(=O)NC1CN(Cc2ccccc2)CCC1CO. The predicted octanol–water partition coefficient (Wildman–Crippen LogP) is 2.59. The van der Waals surface area contributed by atoms with Crippen molar-refractivity contribution in [1.82, 2.24) is 10.2 Å². The summed E-state index contributed by atoms with van der Waals surface area (Å²) in [6.45, 7) is 8.91. The van der Waals surface area contributed by atoms with Crippen molar-refractivity contribution < 1.29 is 9.90 Å². The molecular weight excluding hydrogens is 300 g/mol. The largest absolute Gasteiger partial charge is 0.396 e. The lowest BCUT2D eigenvalue weighted by molar-refractivity contribution is -0.118. The number of likely N-dealkylation sites (tertiary alicyclic amines) is 1. The molecule has 1 aromatic rings. The minimum atomic E-state index is -0.0741. The van der Waals surface area contributed by atoms with Crippen LogP contribution in [0.4, 0.5) is 0 Å². The number of carbonyl (C=O) groups is 1. The van der Waals surface area contributed by atoms with E-state index in [1.54, 1.807) is 6.08 Å². The van der Waals surface area contributed by atoms with Crippen LogP contribution in [0.15, 0.2) is 42.5 Å². The van der Waals surface area contributed by atoms with E-state index in [2.05, 4.69) is 43.1 Å². The highest BCUT2D eigenvalue weighted by Crippen LogP contribution is 2.20. The normalized spacial score (nSPS) is 22.7. The molecule has 132 valence electrons. The number of nitrogens with one attached hydrogen (secondary N) is 1. The van der Waals surface area contributed by atoms with Crippen LogP contribution < -0.4 is 5.32 Å². The maximum Gasteiger partial charge on any atom is 0.243 e. The Balaban J connectivity index is 1.95. The zero-order valence-corrected chi connectivity index (χ0v) is 15.0. The molecule has 1 aliphatic heterocycles. The van der Waals surface area contributed by atoms with E-state index in [0.717, 1.165) is 26.1 Å². The summed E-state index contributed by atoms with van der Waals surface area (Å²) < 4.78 is 0. The molecule has 0 radical (unpaired) electrons.